The van der Waals surface area contributed by atoms with Crippen LogP contribution in [0, 0.1) is 0 Å². The molecule has 8 nitrogen and oxygen atoms in total. The number of nitrogens with one attached hydrogen (secondary N) is 2. The Hall–Kier alpha value is -2.90. The number of aromatic nitrogens is 5. The Morgan fingerprint density at radius 3 is 2.67 bits per heavy atom. The van der Waals surface area contributed by atoms with Gasteiger partial charge in [0.2, 0.25) is 5.95 Å². The third-order valence-electron chi connectivity index (χ3n) is 2.39. The largest absolute Gasteiger partial charge is 0.384 e. The van der Waals surface area contributed by atoms with Crippen LogP contribution in [0.5, 0.6) is 0 Å². The number of nitrogens with zero attached hydrogens (tertiary/aromatic N) is 3. The number of pyridine rings is 1. The van der Waals surface area contributed by atoms with E-state index in [4.69, 9.17) is 11.5 Å². The number of hydrogen-bond donors (Lipinski definition) is 4. The first-order valence-electron chi connectivity index (χ1n) is 5.12. The summed E-state index contributed by atoms with van der Waals surface area (Å²) in [6.45, 7) is 0. The Balaban J connectivity index is 2.26. The predicted molar refractivity (Wildman–Crippen MR) is 66.6 cm³/mol. The molecule has 0 unspecified atom stereocenters. The maximum Gasteiger partial charge on any atom is 0.278 e. The van der Waals surface area contributed by atoms with Crippen LogP contribution < -0.4 is 17.0 Å². The molecule has 8 heteroatoms. The molecule has 0 saturated carbocycles. The van der Waals surface area contributed by atoms with Gasteiger partial charge in [-0.25, -0.2) is 9.97 Å². The summed E-state index contributed by atoms with van der Waals surface area (Å²) in [7, 11) is 0. The summed E-state index contributed by atoms with van der Waals surface area (Å²) in [6.07, 6.45) is 0. The highest BCUT2D eigenvalue weighted by Crippen LogP contribution is 2.16. The van der Waals surface area contributed by atoms with Gasteiger partial charge in [0.1, 0.15) is 11.5 Å². The molecule has 0 radical (unpaired) electrons. The number of nitrogens with two attached hydrogens (primary N) is 2. The van der Waals surface area contributed by atoms with Gasteiger partial charge in [-0.1, -0.05) is 6.07 Å². The quantitative estimate of drug-likeness (QED) is 0.469. The number of nitrogen functional groups attached to an aromatic ring is 2. The molecule has 90 valence electrons. The van der Waals surface area contributed by atoms with Crippen molar-refractivity contribution in [2.45, 2.75) is 0 Å². The number of H-pyrrole nitrogens is 2. The Bertz CT molecular complexity index is 788. The van der Waals surface area contributed by atoms with Gasteiger partial charge >= 0.3 is 0 Å². The summed E-state index contributed by atoms with van der Waals surface area (Å²) in [4.78, 5) is 29.0. The molecule has 0 aliphatic rings. The molecule has 0 amide bonds. The average Bonchev–Trinajstić information content (AvgIpc) is 2.73. The molecule has 0 aromatic carbocycles. The maximum atomic E-state index is 11.6. The molecule has 3 heterocycles. The lowest BCUT2D eigenvalue weighted by Gasteiger charge is -1.95. The Kier molecular flexibility index (Phi) is 2.03. The molecule has 3 rings (SSSR count). The average molecular weight is 243 g/mol. The van der Waals surface area contributed by atoms with E-state index >= 15 is 0 Å². The molecule has 0 bridgehead atoms. The fourth-order valence-corrected chi connectivity index (χ4v) is 1.63. The standard InChI is InChI=1S/C10H9N7O/c11-5-3-1-2-4(13-5)7-14-6-8(15-7)16-10(12)17-9(6)18/h1-3H,(H2,11,13)(H4,12,14,15,16,17,18). The zero-order valence-electron chi connectivity index (χ0n) is 9.14. The molecule has 3 aromatic rings. The van der Waals surface area contributed by atoms with Crippen molar-refractivity contribution < 1.29 is 0 Å². The van der Waals surface area contributed by atoms with Crippen LogP contribution in [0.15, 0.2) is 23.0 Å². The number of aromatic amines is 2. The zero-order valence-corrected chi connectivity index (χ0v) is 9.14. The van der Waals surface area contributed by atoms with Crippen LogP contribution >= 0.6 is 0 Å². The summed E-state index contributed by atoms with van der Waals surface area (Å²) in [5.74, 6) is 0.807. The SMILES string of the molecule is Nc1cccc(-c2nc3nc(N)[nH]c(=O)c3[nH]2)n1. The smallest absolute Gasteiger partial charge is 0.278 e. The molecule has 0 atom stereocenters. The third kappa shape index (κ3) is 1.56. The third-order valence-corrected chi connectivity index (χ3v) is 2.39. The second-order valence-corrected chi connectivity index (χ2v) is 3.68. The van der Waals surface area contributed by atoms with Gasteiger partial charge in [-0.3, -0.25) is 9.78 Å². The van der Waals surface area contributed by atoms with E-state index < -0.39 is 0 Å². The minimum atomic E-state index is -0.375. The zero-order chi connectivity index (χ0) is 12.7. The molecule has 0 fully saturated rings. The number of hydrogen-bond acceptors (Lipinski definition) is 6. The van der Waals surface area contributed by atoms with Crippen LogP contribution in [-0.4, -0.2) is 24.9 Å². The Morgan fingerprint density at radius 1 is 1.06 bits per heavy atom. The van der Waals surface area contributed by atoms with Crippen molar-refractivity contribution in [3.05, 3.63) is 28.6 Å². The monoisotopic (exact) mass is 243 g/mol. The summed E-state index contributed by atoms with van der Waals surface area (Å²) < 4.78 is 0. The van der Waals surface area contributed by atoms with E-state index in [1.807, 2.05) is 0 Å². The Labute approximate surface area is 100 Å². The second-order valence-electron chi connectivity index (χ2n) is 3.68. The van der Waals surface area contributed by atoms with Gasteiger partial charge in [-0.2, -0.15) is 4.98 Å². The van der Waals surface area contributed by atoms with Crippen LogP contribution in [0.1, 0.15) is 0 Å². The van der Waals surface area contributed by atoms with Gasteiger partial charge in [0.25, 0.3) is 5.56 Å². The fraction of sp³-hybridized carbons (Fsp3) is 0. The van der Waals surface area contributed by atoms with E-state index in [-0.39, 0.29) is 22.7 Å². The lowest BCUT2D eigenvalue weighted by atomic mass is 10.3. The molecule has 0 saturated heterocycles. The van der Waals surface area contributed by atoms with Gasteiger partial charge in [-0.15, -0.1) is 0 Å². The first-order chi connectivity index (χ1) is 8.63. The van der Waals surface area contributed by atoms with Crippen LogP contribution in [0.2, 0.25) is 0 Å². The van der Waals surface area contributed by atoms with Crippen molar-refractivity contribution in [3.8, 4) is 11.5 Å². The highest BCUT2D eigenvalue weighted by molar-refractivity contribution is 5.75. The first kappa shape index (κ1) is 10.3. The normalized spacial score (nSPS) is 10.9. The summed E-state index contributed by atoms with van der Waals surface area (Å²) >= 11 is 0. The highest BCUT2D eigenvalue weighted by Gasteiger charge is 2.11. The number of fused-ring (bicyclic) bond motifs is 1. The van der Waals surface area contributed by atoms with Crippen molar-refractivity contribution in [1.29, 1.82) is 0 Å². The van der Waals surface area contributed by atoms with Crippen LogP contribution in [-0.2, 0) is 0 Å². The van der Waals surface area contributed by atoms with Gasteiger partial charge in [-0.05, 0) is 12.1 Å². The van der Waals surface area contributed by atoms with Gasteiger partial charge in [0.05, 0.1) is 0 Å². The molecule has 6 N–H and O–H groups in total. The van der Waals surface area contributed by atoms with E-state index in [0.29, 0.717) is 17.3 Å². The first-order valence-corrected chi connectivity index (χ1v) is 5.12. The van der Waals surface area contributed by atoms with Crippen LogP contribution in [0.25, 0.3) is 22.7 Å². The van der Waals surface area contributed by atoms with E-state index in [0.717, 1.165) is 0 Å². The van der Waals surface area contributed by atoms with Gasteiger partial charge in [0.15, 0.2) is 17.0 Å². The maximum absolute atomic E-state index is 11.6. The van der Waals surface area contributed by atoms with E-state index in [9.17, 15) is 4.79 Å². The fourth-order valence-electron chi connectivity index (χ4n) is 1.63. The van der Waals surface area contributed by atoms with E-state index in [1.165, 1.54) is 0 Å². The molecule has 3 aromatic heterocycles. The van der Waals surface area contributed by atoms with Crippen molar-refractivity contribution >= 4 is 22.9 Å². The molecule has 18 heavy (non-hydrogen) atoms. The number of rotatable bonds is 1. The van der Waals surface area contributed by atoms with Gasteiger partial charge < -0.3 is 16.5 Å². The number of imidazole rings is 1. The van der Waals surface area contributed by atoms with E-state index in [2.05, 4.69) is 24.9 Å². The minimum absolute atomic E-state index is 0.0195. The molecule has 0 aliphatic heterocycles. The van der Waals surface area contributed by atoms with Gasteiger partial charge in [0, 0.05) is 0 Å². The lowest BCUT2D eigenvalue weighted by Crippen LogP contribution is -2.10. The van der Waals surface area contributed by atoms with Crippen LogP contribution in [0.3, 0.4) is 0 Å². The molecule has 0 spiro atoms. The molecular formula is C10H9N7O. The summed E-state index contributed by atoms with van der Waals surface area (Å²) in [5.41, 5.74) is 11.7. The lowest BCUT2D eigenvalue weighted by molar-refractivity contribution is 1.17. The molecule has 0 aliphatic carbocycles. The van der Waals surface area contributed by atoms with Crippen molar-refractivity contribution in [1.82, 2.24) is 24.9 Å². The van der Waals surface area contributed by atoms with Crippen molar-refractivity contribution in [2.75, 3.05) is 11.5 Å². The second kappa shape index (κ2) is 3.55. The highest BCUT2D eigenvalue weighted by atomic mass is 16.1. The topological polar surface area (TPSA) is 139 Å². The summed E-state index contributed by atoms with van der Waals surface area (Å²) in [5, 5.41) is 0. The number of anilines is 2. The van der Waals surface area contributed by atoms with Crippen LogP contribution in [0.4, 0.5) is 11.8 Å². The minimum Gasteiger partial charge on any atom is -0.384 e. The summed E-state index contributed by atoms with van der Waals surface area (Å²) in [6, 6.07) is 5.14. The van der Waals surface area contributed by atoms with E-state index in [1.54, 1.807) is 18.2 Å². The Morgan fingerprint density at radius 2 is 1.89 bits per heavy atom. The van der Waals surface area contributed by atoms with Crippen molar-refractivity contribution in [3.63, 3.8) is 0 Å². The van der Waals surface area contributed by atoms with Crippen molar-refractivity contribution in [2.24, 2.45) is 0 Å². The predicted octanol–water partition coefficient (Wildman–Crippen LogP) is -0.127. The molecular weight excluding hydrogens is 234 g/mol.